The van der Waals surface area contributed by atoms with E-state index in [-0.39, 0.29) is 11.2 Å². The van der Waals surface area contributed by atoms with E-state index < -0.39 is 18.0 Å². The van der Waals surface area contributed by atoms with Crippen LogP contribution in [0.3, 0.4) is 0 Å². The second-order valence-electron chi connectivity index (χ2n) is 6.15. The molecule has 0 spiro atoms. The molecule has 10 heteroatoms. The predicted octanol–water partition coefficient (Wildman–Crippen LogP) is 5.18. The van der Waals surface area contributed by atoms with Gasteiger partial charge in [-0.1, -0.05) is 40.9 Å². The molecule has 0 aliphatic heterocycles. The first-order valence-electron chi connectivity index (χ1n) is 8.51. The van der Waals surface area contributed by atoms with Crippen molar-refractivity contribution in [3.05, 3.63) is 62.3 Å². The van der Waals surface area contributed by atoms with Crippen molar-refractivity contribution in [3.63, 3.8) is 0 Å². The predicted molar refractivity (Wildman–Crippen MR) is 116 cm³/mol. The zero-order valence-corrected chi connectivity index (χ0v) is 18.4. The summed E-state index contributed by atoms with van der Waals surface area (Å²) in [7, 11) is 0. The molecular formula is C19H16Cl3N3O3S. The summed E-state index contributed by atoms with van der Waals surface area (Å²) in [4.78, 5) is 29.3. The molecule has 0 saturated heterocycles. The van der Waals surface area contributed by atoms with E-state index in [1.54, 1.807) is 35.7 Å². The van der Waals surface area contributed by atoms with Gasteiger partial charge in [0, 0.05) is 27.7 Å². The van der Waals surface area contributed by atoms with Gasteiger partial charge in [-0.15, -0.1) is 11.3 Å². The highest BCUT2D eigenvalue weighted by Gasteiger charge is 2.20. The monoisotopic (exact) mass is 471 g/mol. The number of fused-ring (bicyclic) bond motifs is 1. The summed E-state index contributed by atoms with van der Waals surface area (Å²) in [5.41, 5.74) is 1.26. The van der Waals surface area contributed by atoms with Gasteiger partial charge in [-0.25, -0.2) is 9.78 Å². The van der Waals surface area contributed by atoms with Gasteiger partial charge in [0.2, 0.25) is 0 Å². The van der Waals surface area contributed by atoms with E-state index in [9.17, 15) is 9.59 Å². The van der Waals surface area contributed by atoms with E-state index in [1.165, 1.54) is 30.4 Å². The number of hydrogen-bond acceptors (Lipinski definition) is 5. The van der Waals surface area contributed by atoms with Crippen molar-refractivity contribution >= 4 is 69.1 Å². The molecule has 0 bridgehead atoms. The normalized spacial score (nSPS) is 13.6. The highest BCUT2D eigenvalue weighted by atomic mass is 35.5. The molecular weight excluding hydrogens is 457 g/mol. The standard InChI is InChI=1S/C19H16Cl3N3O3S/c1-10(13-4-3-12(20)9-14(13)21)23-18(27)11(2)28-16(26)6-5-15-17(22)24-19-25(15)7-8-29-19/h3-11H,1-2H3,(H,23,27)/b6-5-/t10-,11+/m1/s1. The Bertz CT molecular complexity index is 1090. The van der Waals surface area contributed by atoms with Crippen molar-refractivity contribution < 1.29 is 14.3 Å². The first kappa shape index (κ1) is 21.6. The lowest BCUT2D eigenvalue weighted by Crippen LogP contribution is -2.37. The van der Waals surface area contributed by atoms with Crippen molar-refractivity contribution in [3.8, 4) is 0 Å². The number of nitrogens with one attached hydrogen (secondary N) is 1. The van der Waals surface area contributed by atoms with Gasteiger partial charge in [-0.05, 0) is 37.6 Å². The number of carbonyl (C=O) groups is 2. The number of thiazole rings is 1. The number of hydrogen-bond donors (Lipinski definition) is 1. The van der Waals surface area contributed by atoms with Gasteiger partial charge in [0.05, 0.1) is 11.7 Å². The minimum atomic E-state index is -0.997. The summed E-state index contributed by atoms with van der Waals surface area (Å²) < 4.78 is 6.92. The van der Waals surface area contributed by atoms with Crippen LogP contribution in [0.15, 0.2) is 35.9 Å². The lowest BCUT2D eigenvalue weighted by molar-refractivity contribution is -0.150. The fourth-order valence-corrected chi connectivity index (χ4v) is 4.18. The number of amides is 1. The molecule has 6 nitrogen and oxygen atoms in total. The summed E-state index contributed by atoms with van der Waals surface area (Å²) in [5, 5.41) is 5.84. The van der Waals surface area contributed by atoms with Crippen molar-refractivity contribution in [1.82, 2.24) is 14.7 Å². The second kappa shape index (κ2) is 9.17. The van der Waals surface area contributed by atoms with Crippen molar-refractivity contribution in [2.24, 2.45) is 0 Å². The van der Waals surface area contributed by atoms with Crippen molar-refractivity contribution in [2.45, 2.75) is 26.0 Å². The van der Waals surface area contributed by atoms with Crippen LogP contribution in [0.2, 0.25) is 15.2 Å². The summed E-state index contributed by atoms with van der Waals surface area (Å²) in [6.45, 7) is 3.26. The number of benzene rings is 1. The Morgan fingerprint density at radius 1 is 1.28 bits per heavy atom. The van der Waals surface area contributed by atoms with Gasteiger partial charge in [0.15, 0.2) is 16.2 Å². The number of aromatic nitrogens is 2. The average Bonchev–Trinajstić information content (AvgIpc) is 3.20. The average molecular weight is 473 g/mol. The Labute approximate surface area is 186 Å². The van der Waals surface area contributed by atoms with Gasteiger partial charge in [-0.2, -0.15) is 0 Å². The Balaban J connectivity index is 1.59. The molecule has 3 aromatic rings. The van der Waals surface area contributed by atoms with Gasteiger partial charge in [0.1, 0.15) is 0 Å². The molecule has 2 aromatic heterocycles. The number of imidazole rings is 1. The molecule has 2 atom stereocenters. The molecule has 0 aliphatic carbocycles. The fraction of sp³-hybridized carbons (Fsp3) is 0.211. The lowest BCUT2D eigenvalue weighted by Gasteiger charge is -2.19. The number of halogens is 3. The smallest absolute Gasteiger partial charge is 0.331 e. The molecule has 152 valence electrons. The maximum Gasteiger partial charge on any atom is 0.331 e. The minimum Gasteiger partial charge on any atom is -0.449 e. The van der Waals surface area contributed by atoms with Crippen LogP contribution < -0.4 is 5.32 Å². The topological polar surface area (TPSA) is 72.7 Å². The van der Waals surface area contributed by atoms with Crippen LogP contribution in [-0.2, 0) is 14.3 Å². The van der Waals surface area contributed by atoms with E-state index in [4.69, 9.17) is 39.5 Å². The molecule has 1 N–H and O–H groups in total. The number of esters is 1. The zero-order chi connectivity index (χ0) is 21.1. The second-order valence-corrected chi connectivity index (χ2v) is 8.23. The van der Waals surface area contributed by atoms with Crippen LogP contribution in [0.25, 0.3) is 11.0 Å². The number of rotatable bonds is 6. The Kier molecular flexibility index (Phi) is 6.85. The highest BCUT2D eigenvalue weighted by molar-refractivity contribution is 7.15. The molecule has 3 rings (SSSR count). The van der Waals surface area contributed by atoms with Crippen LogP contribution in [0.4, 0.5) is 0 Å². The number of carbonyl (C=O) groups excluding carboxylic acids is 2. The minimum absolute atomic E-state index is 0.278. The van der Waals surface area contributed by atoms with Crippen molar-refractivity contribution in [1.29, 1.82) is 0 Å². The molecule has 0 saturated carbocycles. The van der Waals surface area contributed by atoms with Crippen LogP contribution in [0, 0.1) is 0 Å². The van der Waals surface area contributed by atoms with Gasteiger partial charge >= 0.3 is 5.97 Å². The van der Waals surface area contributed by atoms with Gasteiger partial charge < -0.3 is 10.1 Å². The third-order valence-corrected chi connectivity index (χ3v) is 5.68. The van der Waals surface area contributed by atoms with Crippen molar-refractivity contribution in [2.75, 3.05) is 0 Å². The van der Waals surface area contributed by atoms with Crippen LogP contribution in [0.1, 0.15) is 31.1 Å². The molecule has 0 radical (unpaired) electrons. The number of nitrogens with zero attached hydrogens (tertiary/aromatic N) is 2. The SMILES string of the molecule is C[C@H](OC(=O)/C=C\c1c(Cl)nc2sccn12)C(=O)N[C@H](C)c1ccc(Cl)cc1Cl. The Morgan fingerprint density at radius 3 is 2.76 bits per heavy atom. The largest absolute Gasteiger partial charge is 0.449 e. The fourth-order valence-electron chi connectivity index (χ4n) is 2.60. The molecule has 1 aromatic carbocycles. The van der Waals surface area contributed by atoms with Gasteiger partial charge in [-0.3, -0.25) is 9.20 Å². The zero-order valence-electron chi connectivity index (χ0n) is 15.4. The first-order valence-corrected chi connectivity index (χ1v) is 10.5. The quantitative estimate of drug-likeness (QED) is 0.396. The summed E-state index contributed by atoms with van der Waals surface area (Å²) in [6, 6.07) is 4.63. The van der Waals surface area contributed by atoms with Gasteiger partial charge in [0.25, 0.3) is 5.91 Å². The Hall–Kier alpha value is -2.06. The lowest BCUT2D eigenvalue weighted by atomic mass is 10.1. The molecule has 29 heavy (non-hydrogen) atoms. The maximum absolute atomic E-state index is 12.4. The summed E-state index contributed by atoms with van der Waals surface area (Å²) >= 11 is 19.5. The van der Waals surface area contributed by atoms with Crippen LogP contribution in [-0.4, -0.2) is 27.4 Å². The van der Waals surface area contributed by atoms with E-state index in [0.29, 0.717) is 26.3 Å². The third-order valence-electron chi connectivity index (χ3n) is 4.08. The molecule has 0 aliphatic rings. The van der Waals surface area contributed by atoms with Crippen LogP contribution in [0.5, 0.6) is 0 Å². The third kappa shape index (κ3) is 5.11. The van der Waals surface area contributed by atoms with E-state index >= 15 is 0 Å². The van der Waals surface area contributed by atoms with E-state index in [1.807, 2.05) is 5.38 Å². The highest BCUT2D eigenvalue weighted by Crippen LogP contribution is 2.26. The molecule has 1 amide bonds. The summed E-state index contributed by atoms with van der Waals surface area (Å²) in [5.74, 6) is -1.13. The number of ether oxygens (including phenoxy) is 1. The summed E-state index contributed by atoms with van der Waals surface area (Å²) in [6.07, 6.45) is 3.50. The first-order chi connectivity index (χ1) is 13.8. The molecule has 2 heterocycles. The molecule has 0 fully saturated rings. The maximum atomic E-state index is 12.4. The van der Waals surface area contributed by atoms with E-state index in [0.717, 1.165) is 0 Å². The Morgan fingerprint density at radius 2 is 2.03 bits per heavy atom. The molecule has 0 unspecified atom stereocenters. The van der Waals surface area contributed by atoms with Crippen LogP contribution >= 0.6 is 46.1 Å². The van der Waals surface area contributed by atoms with E-state index in [2.05, 4.69) is 10.3 Å².